The Labute approximate surface area is 112 Å². The van der Waals surface area contributed by atoms with Gasteiger partial charge in [-0.15, -0.1) is 0 Å². The van der Waals surface area contributed by atoms with Crippen molar-refractivity contribution in [3.8, 4) is 0 Å². The topological polar surface area (TPSA) is 102 Å². The van der Waals surface area contributed by atoms with E-state index in [1.807, 2.05) is 0 Å². The summed E-state index contributed by atoms with van der Waals surface area (Å²) < 4.78 is 20.6. The molecular weight excluding hydrogens is 273 g/mol. The Morgan fingerprint density at radius 2 is 1.89 bits per heavy atom. The van der Waals surface area contributed by atoms with Crippen molar-refractivity contribution in [3.63, 3.8) is 0 Å². The summed E-state index contributed by atoms with van der Waals surface area (Å²) in [5.74, 6) is -0.820. The van der Waals surface area contributed by atoms with Crippen LogP contribution in [0.15, 0.2) is 11.8 Å². The molecule has 0 fully saturated rings. The molecule has 0 saturated heterocycles. The number of nitrogens with one attached hydrogen (secondary N) is 1. The summed E-state index contributed by atoms with van der Waals surface area (Å²) in [7, 11) is -2.19. The lowest BCUT2D eigenvalue weighted by Gasteiger charge is -2.20. The van der Waals surface area contributed by atoms with E-state index < -0.39 is 25.0 Å². The largest absolute Gasteiger partial charge is 0.464 e. The van der Waals surface area contributed by atoms with Crippen LogP contribution >= 0.6 is 7.37 Å². The molecule has 0 heterocycles. The molecule has 0 aromatic rings. The molecule has 7 nitrogen and oxygen atoms in total. The highest BCUT2D eigenvalue weighted by Gasteiger charge is 2.20. The Bertz CT molecular complexity index is 417. The van der Waals surface area contributed by atoms with Crippen LogP contribution in [0.3, 0.4) is 0 Å². The number of hydrogen-bond donors (Lipinski definition) is 2. The minimum Gasteiger partial charge on any atom is -0.464 e. The van der Waals surface area contributed by atoms with E-state index in [4.69, 9.17) is 9.63 Å². The molecule has 8 heteroatoms. The van der Waals surface area contributed by atoms with Gasteiger partial charge >= 0.3 is 12.1 Å². The molecule has 0 bridgehead atoms. The third-order valence-electron chi connectivity index (χ3n) is 1.68. The Morgan fingerprint density at radius 3 is 2.26 bits per heavy atom. The molecular formula is C11H20NO6P. The number of allylic oxidation sites excluding steroid dienone is 1. The number of carbonyl (C=O) groups excluding carboxylic acids is 2. The zero-order valence-corrected chi connectivity index (χ0v) is 12.6. The third-order valence-corrected chi connectivity index (χ3v) is 2.54. The fourth-order valence-electron chi connectivity index (χ4n) is 0.970. The minimum absolute atomic E-state index is 0.229. The van der Waals surface area contributed by atoms with Gasteiger partial charge in [0.05, 0.1) is 7.11 Å². The minimum atomic E-state index is -3.33. The molecule has 0 aliphatic rings. The Balaban J connectivity index is 4.85. The molecule has 0 spiro atoms. The van der Waals surface area contributed by atoms with Crippen LogP contribution in [0.1, 0.15) is 20.8 Å². The maximum Gasteiger partial charge on any atom is 0.412 e. The molecule has 0 aliphatic heterocycles. The van der Waals surface area contributed by atoms with Gasteiger partial charge in [0, 0.05) is 12.8 Å². The molecule has 0 aliphatic carbocycles. The maximum absolute atomic E-state index is 11.5. The second kappa shape index (κ2) is 6.73. The van der Waals surface area contributed by atoms with Gasteiger partial charge in [-0.05, 0) is 26.8 Å². The lowest BCUT2D eigenvalue weighted by Crippen LogP contribution is -2.34. The standard InChI is InChI=1S/C11H20NO6P/c1-11(2,3)18-10(14)12-8(9(13)17-4)6-7-19(5,15)16/h6H,7H2,1-5H3,(H,12,14)(H,15,16)/b8-6-. The van der Waals surface area contributed by atoms with Gasteiger partial charge in [-0.3, -0.25) is 9.88 Å². The molecule has 1 amide bonds. The van der Waals surface area contributed by atoms with Gasteiger partial charge in [-0.2, -0.15) is 0 Å². The van der Waals surface area contributed by atoms with E-state index in [0.29, 0.717) is 0 Å². The number of methoxy groups -OCH3 is 1. The summed E-state index contributed by atoms with van der Waals surface area (Å²) in [5.41, 5.74) is -0.949. The first-order valence-corrected chi connectivity index (χ1v) is 7.81. The molecule has 0 saturated carbocycles. The van der Waals surface area contributed by atoms with Crippen LogP contribution in [0.2, 0.25) is 0 Å². The molecule has 2 N–H and O–H groups in total. The number of rotatable bonds is 4. The summed E-state index contributed by atoms with van der Waals surface area (Å²) in [6, 6.07) is 0. The van der Waals surface area contributed by atoms with Gasteiger partial charge in [0.1, 0.15) is 11.3 Å². The van der Waals surface area contributed by atoms with Crippen LogP contribution in [-0.4, -0.2) is 42.5 Å². The molecule has 110 valence electrons. The van der Waals surface area contributed by atoms with E-state index in [2.05, 4.69) is 10.1 Å². The average Bonchev–Trinajstić information content (AvgIpc) is 2.19. The number of hydrogen-bond acceptors (Lipinski definition) is 5. The predicted octanol–water partition coefficient (Wildman–Crippen LogP) is 1.47. The number of alkyl carbamates (subject to hydrolysis) is 1. The smallest absolute Gasteiger partial charge is 0.412 e. The summed E-state index contributed by atoms with van der Waals surface area (Å²) in [5, 5.41) is 2.19. The third kappa shape index (κ3) is 9.27. The van der Waals surface area contributed by atoms with Crippen LogP contribution in [0.4, 0.5) is 4.79 Å². The van der Waals surface area contributed by atoms with Crippen molar-refractivity contribution in [2.24, 2.45) is 0 Å². The molecule has 19 heavy (non-hydrogen) atoms. The van der Waals surface area contributed by atoms with Crippen molar-refractivity contribution in [3.05, 3.63) is 11.8 Å². The van der Waals surface area contributed by atoms with Crippen LogP contribution in [0.25, 0.3) is 0 Å². The summed E-state index contributed by atoms with van der Waals surface area (Å²) >= 11 is 0. The number of amides is 1. The molecule has 1 atom stereocenters. The van der Waals surface area contributed by atoms with E-state index >= 15 is 0 Å². The zero-order chi connectivity index (χ0) is 15.3. The molecule has 0 aromatic heterocycles. The monoisotopic (exact) mass is 293 g/mol. The summed E-state index contributed by atoms with van der Waals surface area (Å²) in [4.78, 5) is 32.1. The van der Waals surface area contributed by atoms with E-state index in [1.54, 1.807) is 20.8 Å². The van der Waals surface area contributed by atoms with Crippen LogP contribution in [0, 0.1) is 0 Å². The quantitative estimate of drug-likeness (QED) is 0.462. The van der Waals surface area contributed by atoms with Crippen molar-refractivity contribution in [2.45, 2.75) is 26.4 Å². The van der Waals surface area contributed by atoms with Gasteiger partial charge in [-0.1, -0.05) is 0 Å². The van der Waals surface area contributed by atoms with Gasteiger partial charge in [0.2, 0.25) is 7.37 Å². The average molecular weight is 293 g/mol. The highest BCUT2D eigenvalue weighted by Crippen LogP contribution is 2.34. The van der Waals surface area contributed by atoms with Gasteiger partial charge in [0.15, 0.2) is 0 Å². The molecule has 1 unspecified atom stereocenters. The lowest BCUT2D eigenvalue weighted by molar-refractivity contribution is -0.136. The van der Waals surface area contributed by atoms with E-state index in [-0.39, 0.29) is 11.9 Å². The van der Waals surface area contributed by atoms with E-state index in [1.165, 1.54) is 0 Å². The first kappa shape index (κ1) is 17.7. The van der Waals surface area contributed by atoms with Crippen LogP contribution in [0.5, 0.6) is 0 Å². The van der Waals surface area contributed by atoms with E-state index in [9.17, 15) is 14.2 Å². The van der Waals surface area contributed by atoms with Crippen molar-refractivity contribution >= 4 is 19.4 Å². The van der Waals surface area contributed by atoms with Crippen molar-refractivity contribution in [1.29, 1.82) is 0 Å². The Kier molecular flexibility index (Phi) is 6.25. The summed E-state index contributed by atoms with van der Waals surface area (Å²) in [6.45, 7) is 6.15. The highest BCUT2D eigenvalue weighted by atomic mass is 31.2. The second-order valence-electron chi connectivity index (χ2n) is 4.97. The summed E-state index contributed by atoms with van der Waals surface area (Å²) in [6.07, 6.45) is 0.0389. The van der Waals surface area contributed by atoms with E-state index in [0.717, 1.165) is 19.9 Å². The first-order valence-electron chi connectivity index (χ1n) is 5.52. The maximum atomic E-state index is 11.5. The van der Waals surface area contributed by atoms with Crippen molar-refractivity contribution < 1.29 is 28.5 Å². The van der Waals surface area contributed by atoms with Crippen molar-refractivity contribution in [1.82, 2.24) is 5.32 Å². The number of esters is 1. The number of ether oxygens (including phenoxy) is 2. The SMILES string of the molecule is COC(=O)/C(=C/CP(C)(=O)O)NC(=O)OC(C)(C)C. The molecule has 0 aromatic carbocycles. The number of carbonyl (C=O) groups is 2. The Morgan fingerprint density at radius 1 is 1.37 bits per heavy atom. The lowest BCUT2D eigenvalue weighted by atomic mass is 10.2. The van der Waals surface area contributed by atoms with Crippen molar-refractivity contribution in [2.75, 3.05) is 19.9 Å². The van der Waals surface area contributed by atoms with Gasteiger partial charge in [-0.25, -0.2) is 9.59 Å². The predicted molar refractivity (Wildman–Crippen MR) is 70.1 cm³/mol. The zero-order valence-electron chi connectivity index (χ0n) is 11.7. The van der Waals surface area contributed by atoms with Gasteiger partial charge in [0.25, 0.3) is 0 Å². The fourth-order valence-corrected chi connectivity index (χ4v) is 1.49. The second-order valence-corrected chi connectivity index (χ2v) is 7.44. The molecule has 0 rings (SSSR count). The fraction of sp³-hybridized carbons (Fsp3) is 0.636. The normalized spacial score (nSPS) is 15.4. The van der Waals surface area contributed by atoms with Gasteiger partial charge < -0.3 is 14.4 Å². The van der Waals surface area contributed by atoms with Crippen LogP contribution < -0.4 is 5.32 Å². The Hall–Kier alpha value is -1.33. The first-order chi connectivity index (χ1) is 8.44. The highest BCUT2D eigenvalue weighted by molar-refractivity contribution is 7.57. The molecule has 0 radical (unpaired) electrons. The van der Waals surface area contributed by atoms with Crippen LogP contribution in [-0.2, 0) is 18.8 Å².